The van der Waals surface area contributed by atoms with E-state index in [1.807, 2.05) is 0 Å². The fraction of sp³-hybridized carbons (Fsp3) is 0.143. The van der Waals surface area contributed by atoms with E-state index < -0.39 is 27.5 Å². The van der Waals surface area contributed by atoms with Gasteiger partial charge in [0.15, 0.2) is 0 Å². The lowest BCUT2D eigenvalue weighted by atomic mass is 10.3. The summed E-state index contributed by atoms with van der Waals surface area (Å²) < 4.78 is 65.3. The van der Waals surface area contributed by atoms with Gasteiger partial charge in [0, 0.05) is 12.6 Å². The van der Waals surface area contributed by atoms with E-state index in [1.54, 1.807) is 0 Å². The van der Waals surface area contributed by atoms with Crippen molar-refractivity contribution >= 4 is 15.7 Å². The Morgan fingerprint density at radius 1 is 0.952 bits per heavy atom. The van der Waals surface area contributed by atoms with Gasteiger partial charge in [-0.25, -0.2) is 21.6 Å². The first-order chi connectivity index (χ1) is 9.86. The first-order valence-corrected chi connectivity index (χ1v) is 7.53. The molecule has 0 saturated heterocycles. The van der Waals surface area contributed by atoms with E-state index in [9.17, 15) is 21.6 Å². The third-order valence-electron chi connectivity index (χ3n) is 2.87. The van der Waals surface area contributed by atoms with Crippen molar-refractivity contribution in [2.45, 2.75) is 11.8 Å². The minimum Gasteiger partial charge on any atom is -0.264 e. The highest BCUT2D eigenvalue weighted by molar-refractivity contribution is 7.92. The van der Waals surface area contributed by atoms with Gasteiger partial charge in [-0.2, -0.15) is 0 Å². The van der Waals surface area contributed by atoms with Crippen LogP contribution in [-0.4, -0.2) is 15.0 Å². The summed E-state index contributed by atoms with van der Waals surface area (Å²) in [6.07, 6.45) is 0. The molecule has 0 bridgehead atoms. The number of hydrogen-bond donors (Lipinski definition) is 0. The normalized spacial score (nSPS) is 11.4. The largest absolute Gasteiger partial charge is 0.264 e. The fourth-order valence-corrected chi connectivity index (χ4v) is 3.37. The molecule has 2 rings (SSSR count). The lowest BCUT2D eigenvalue weighted by molar-refractivity contribution is 0.574. The summed E-state index contributed by atoms with van der Waals surface area (Å²) in [5.41, 5.74) is -0.261. The Hall–Kier alpha value is -2.02. The number of halogens is 3. The number of benzene rings is 2. The molecule has 2 aromatic rings. The van der Waals surface area contributed by atoms with Gasteiger partial charge in [-0.15, -0.1) is 0 Å². The number of rotatable bonds is 4. The molecule has 0 amide bonds. The van der Waals surface area contributed by atoms with Gasteiger partial charge in [-0.3, -0.25) is 4.31 Å². The van der Waals surface area contributed by atoms with Crippen molar-refractivity contribution in [3.8, 4) is 0 Å². The fourth-order valence-electron chi connectivity index (χ4n) is 1.89. The van der Waals surface area contributed by atoms with E-state index in [0.29, 0.717) is 6.07 Å². The second kappa shape index (κ2) is 5.77. The van der Waals surface area contributed by atoms with E-state index in [1.165, 1.54) is 6.92 Å². The van der Waals surface area contributed by atoms with Crippen molar-refractivity contribution in [3.05, 3.63) is 59.9 Å². The van der Waals surface area contributed by atoms with Crippen LogP contribution >= 0.6 is 0 Å². The molecule has 0 unspecified atom stereocenters. The van der Waals surface area contributed by atoms with Crippen molar-refractivity contribution in [2.24, 2.45) is 0 Å². The lowest BCUT2D eigenvalue weighted by Gasteiger charge is -2.23. The molecule has 21 heavy (non-hydrogen) atoms. The molecule has 0 atom stereocenters. The summed E-state index contributed by atoms with van der Waals surface area (Å²) >= 11 is 0. The molecular formula is C14H12F3NO2S. The molecule has 112 valence electrons. The summed E-state index contributed by atoms with van der Waals surface area (Å²) in [6.45, 7) is 1.46. The van der Waals surface area contributed by atoms with Crippen LogP contribution in [0.25, 0.3) is 0 Å². The van der Waals surface area contributed by atoms with Crippen LogP contribution in [0, 0.1) is 17.5 Å². The summed E-state index contributed by atoms with van der Waals surface area (Å²) in [6, 6.07) is 6.82. The summed E-state index contributed by atoms with van der Waals surface area (Å²) in [5, 5.41) is 0. The Balaban J connectivity index is 2.51. The van der Waals surface area contributed by atoms with E-state index >= 15 is 0 Å². The van der Waals surface area contributed by atoms with Crippen LogP contribution < -0.4 is 4.31 Å². The third-order valence-corrected chi connectivity index (χ3v) is 4.77. The predicted octanol–water partition coefficient (Wildman–Crippen LogP) is 3.32. The number of hydrogen-bond acceptors (Lipinski definition) is 2. The SMILES string of the molecule is CCN(c1ccc(F)cc1F)S(=O)(=O)c1ccc(F)cc1. The van der Waals surface area contributed by atoms with Crippen LogP contribution in [0.1, 0.15) is 6.92 Å². The first kappa shape index (κ1) is 15.4. The molecular weight excluding hydrogens is 303 g/mol. The number of anilines is 1. The molecule has 0 aliphatic rings. The highest BCUT2D eigenvalue weighted by Crippen LogP contribution is 2.26. The van der Waals surface area contributed by atoms with Gasteiger partial charge in [0.05, 0.1) is 10.6 Å². The third kappa shape index (κ3) is 3.02. The zero-order valence-electron chi connectivity index (χ0n) is 11.1. The maximum atomic E-state index is 13.8. The van der Waals surface area contributed by atoms with Gasteiger partial charge >= 0.3 is 0 Å². The van der Waals surface area contributed by atoms with Crippen molar-refractivity contribution in [2.75, 3.05) is 10.8 Å². The molecule has 0 spiro atoms. The second-order valence-electron chi connectivity index (χ2n) is 4.22. The molecule has 7 heteroatoms. The van der Waals surface area contributed by atoms with Crippen molar-refractivity contribution in [3.63, 3.8) is 0 Å². The number of nitrogens with zero attached hydrogens (tertiary/aromatic N) is 1. The molecule has 0 radical (unpaired) electrons. The highest BCUT2D eigenvalue weighted by Gasteiger charge is 2.25. The predicted molar refractivity (Wildman–Crippen MR) is 73.0 cm³/mol. The summed E-state index contributed by atoms with van der Waals surface area (Å²) in [7, 11) is -4.05. The molecule has 0 N–H and O–H groups in total. The molecule has 3 nitrogen and oxygen atoms in total. The van der Waals surface area contributed by atoms with Crippen LogP contribution in [0.3, 0.4) is 0 Å². The van der Waals surface area contributed by atoms with Gasteiger partial charge in [-0.1, -0.05) is 0 Å². The van der Waals surface area contributed by atoms with Crippen molar-refractivity contribution in [1.82, 2.24) is 0 Å². The van der Waals surface area contributed by atoms with Crippen molar-refractivity contribution in [1.29, 1.82) is 0 Å². The Labute approximate surface area is 120 Å². The zero-order valence-corrected chi connectivity index (χ0v) is 11.9. The Morgan fingerprint density at radius 2 is 1.52 bits per heavy atom. The molecule has 0 aliphatic heterocycles. The summed E-state index contributed by atoms with van der Waals surface area (Å²) in [5.74, 6) is -2.36. The van der Waals surface area contributed by atoms with Gasteiger partial charge in [0.25, 0.3) is 10.0 Å². The maximum absolute atomic E-state index is 13.8. The van der Waals surface area contributed by atoms with E-state index in [4.69, 9.17) is 0 Å². The molecule has 0 saturated carbocycles. The molecule has 0 fully saturated rings. The van der Waals surface area contributed by atoms with E-state index in [-0.39, 0.29) is 17.1 Å². The van der Waals surface area contributed by atoms with Crippen LogP contribution in [-0.2, 0) is 10.0 Å². The summed E-state index contributed by atoms with van der Waals surface area (Å²) in [4.78, 5) is -0.172. The lowest BCUT2D eigenvalue weighted by Crippen LogP contribution is -2.31. The smallest absolute Gasteiger partial charge is 0.264 e. The van der Waals surface area contributed by atoms with Gasteiger partial charge in [0.1, 0.15) is 17.5 Å². The van der Waals surface area contributed by atoms with E-state index in [0.717, 1.165) is 40.7 Å². The Morgan fingerprint density at radius 3 is 2.05 bits per heavy atom. The molecule has 0 aliphatic carbocycles. The van der Waals surface area contributed by atoms with Crippen molar-refractivity contribution < 1.29 is 21.6 Å². The molecule has 0 aromatic heterocycles. The topological polar surface area (TPSA) is 37.4 Å². The van der Waals surface area contributed by atoms with Crippen LogP contribution in [0.5, 0.6) is 0 Å². The maximum Gasteiger partial charge on any atom is 0.264 e. The Bertz CT molecular complexity index is 745. The van der Waals surface area contributed by atoms with Crippen LogP contribution in [0.2, 0.25) is 0 Å². The van der Waals surface area contributed by atoms with Gasteiger partial charge < -0.3 is 0 Å². The Kier molecular flexibility index (Phi) is 4.22. The molecule has 2 aromatic carbocycles. The minimum absolute atomic E-state index is 0.0533. The minimum atomic E-state index is -4.05. The van der Waals surface area contributed by atoms with Gasteiger partial charge in [0.2, 0.25) is 0 Å². The van der Waals surface area contributed by atoms with Crippen LogP contribution in [0.4, 0.5) is 18.9 Å². The standard InChI is InChI=1S/C14H12F3NO2S/c1-2-18(14-8-5-11(16)9-13(14)17)21(19,20)12-6-3-10(15)4-7-12/h3-9H,2H2,1H3. The second-order valence-corrected chi connectivity index (χ2v) is 6.08. The average Bonchev–Trinajstić information content (AvgIpc) is 2.42. The number of sulfonamides is 1. The average molecular weight is 315 g/mol. The molecule has 0 heterocycles. The monoisotopic (exact) mass is 315 g/mol. The van der Waals surface area contributed by atoms with Gasteiger partial charge in [-0.05, 0) is 43.3 Å². The zero-order chi connectivity index (χ0) is 15.6. The first-order valence-electron chi connectivity index (χ1n) is 6.09. The van der Waals surface area contributed by atoms with Crippen LogP contribution in [0.15, 0.2) is 47.4 Å². The quantitative estimate of drug-likeness (QED) is 0.868. The van der Waals surface area contributed by atoms with E-state index in [2.05, 4.69) is 0 Å². The highest BCUT2D eigenvalue weighted by atomic mass is 32.2.